The van der Waals surface area contributed by atoms with E-state index in [1.165, 1.54) is 0 Å². The maximum absolute atomic E-state index is 13.2. The molecule has 1 fully saturated rings. The number of aromatic amines is 1. The molecule has 1 aromatic carbocycles. The van der Waals surface area contributed by atoms with Gasteiger partial charge in [0.1, 0.15) is 11.4 Å². The van der Waals surface area contributed by atoms with Gasteiger partial charge >= 0.3 is 0 Å². The number of nitrogens with zero attached hydrogens (tertiary/aromatic N) is 3. The highest BCUT2D eigenvalue weighted by molar-refractivity contribution is 5.98. The first-order valence-electron chi connectivity index (χ1n) is 11.9. The van der Waals surface area contributed by atoms with Gasteiger partial charge in [0.05, 0.1) is 18.4 Å². The molecule has 0 bridgehead atoms. The molecule has 0 radical (unpaired) electrons. The highest BCUT2D eigenvalue weighted by Crippen LogP contribution is 2.31. The Kier molecular flexibility index (Phi) is 6.09. The van der Waals surface area contributed by atoms with Gasteiger partial charge in [-0.1, -0.05) is 12.2 Å². The summed E-state index contributed by atoms with van der Waals surface area (Å²) < 4.78 is 5.29. The van der Waals surface area contributed by atoms with Crippen molar-refractivity contribution in [1.29, 1.82) is 0 Å². The topological polar surface area (TPSA) is 78.5 Å². The number of amides is 2. The Labute approximate surface area is 199 Å². The molecule has 7 nitrogen and oxygen atoms in total. The molecule has 2 aliphatic rings. The van der Waals surface area contributed by atoms with E-state index in [1.807, 2.05) is 59.2 Å². The Morgan fingerprint density at radius 1 is 1.00 bits per heavy atom. The maximum atomic E-state index is 13.2. The van der Waals surface area contributed by atoms with Crippen LogP contribution in [0.15, 0.2) is 48.6 Å². The normalized spacial score (nSPS) is 16.8. The number of hydrogen-bond acceptors (Lipinski definition) is 4. The van der Waals surface area contributed by atoms with Gasteiger partial charge in [0.25, 0.3) is 11.8 Å². The number of aryl methyl sites for hydroxylation is 1. The second kappa shape index (κ2) is 9.33. The Morgan fingerprint density at radius 2 is 1.82 bits per heavy atom. The van der Waals surface area contributed by atoms with Crippen LogP contribution in [-0.2, 0) is 0 Å². The van der Waals surface area contributed by atoms with Crippen molar-refractivity contribution in [2.24, 2.45) is 0 Å². The van der Waals surface area contributed by atoms with Crippen molar-refractivity contribution in [3.8, 4) is 5.75 Å². The number of carbonyl (C=O) groups excluding carboxylic acids is 2. The number of methoxy groups -OCH3 is 1. The lowest BCUT2D eigenvalue weighted by atomic mass is 9.89. The van der Waals surface area contributed by atoms with Crippen LogP contribution in [0, 0.1) is 6.92 Å². The first kappa shape index (κ1) is 22.2. The van der Waals surface area contributed by atoms with Crippen molar-refractivity contribution in [1.82, 2.24) is 19.8 Å². The summed E-state index contributed by atoms with van der Waals surface area (Å²) in [4.78, 5) is 38.2. The summed E-state index contributed by atoms with van der Waals surface area (Å²) in [6, 6.07) is 11.5. The lowest BCUT2D eigenvalue weighted by Crippen LogP contribution is -2.39. The van der Waals surface area contributed by atoms with E-state index in [0.717, 1.165) is 53.8 Å². The lowest BCUT2D eigenvalue weighted by Gasteiger charge is -2.33. The van der Waals surface area contributed by atoms with Crippen LogP contribution in [0.25, 0.3) is 10.9 Å². The fourth-order valence-electron chi connectivity index (χ4n) is 4.94. The summed E-state index contributed by atoms with van der Waals surface area (Å²) in [6.45, 7) is 4.63. The SMILES string of the molecule is COc1ccc2[nH]c(C(=O)N3CCC(c4nc(C)ccc4C(=O)N4CC=CCC4)CC3)cc2c1. The van der Waals surface area contributed by atoms with E-state index < -0.39 is 0 Å². The molecule has 2 aliphatic heterocycles. The third-order valence-corrected chi connectivity index (χ3v) is 6.87. The van der Waals surface area contributed by atoms with E-state index in [4.69, 9.17) is 9.72 Å². The fraction of sp³-hybridized carbons (Fsp3) is 0.370. The summed E-state index contributed by atoms with van der Waals surface area (Å²) in [5.41, 5.74) is 4.00. The predicted octanol–water partition coefficient (Wildman–Crippen LogP) is 4.30. The smallest absolute Gasteiger partial charge is 0.270 e. The molecule has 5 rings (SSSR count). The second-order valence-corrected chi connectivity index (χ2v) is 9.10. The molecule has 176 valence electrons. The van der Waals surface area contributed by atoms with E-state index in [2.05, 4.69) is 11.1 Å². The van der Waals surface area contributed by atoms with E-state index in [-0.39, 0.29) is 17.7 Å². The molecule has 0 unspecified atom stereocenters. The molecule has 0 aliphatic carbocycles. The Balaban J connectivity index is 1.30. The van der Waals surface area contributed by atoms with Crippen molar-refractivity contribution >= 4 is 22.7 Å². The zero-order valence-electron chi connectivity index (χ0n) is 19.7. The molecular weight excluding hydrogens is 428 g/mol. The molecule has 1 N–H and O–H groups in total. The molecule has 2 amide bonds. The van der Waals surface area contributed by atoms with Gasteiger partial charge in [-0.2, -0.15) is 0 Å². The lowest BCUT2D eigenvalue weighted by molar-refractivity contribution is 0.0701. The number of carbonyl (C=O) groups is 2. The number of hydrogen-bond donors (Lipinski definition) is 1. The predicted molar refractivity (Wildman–Crippen MR) is 131 cm³/mol. The molecular formula is C27H30N4O3. The number of pyridine rings is 1. The number of rotatable bonds is 4. The number of aromatic nitrogens is 2. The van der Waals surface area contributed by atoms with Crippen LogP contribution in [0.3, 0.4) is 0 Å². The molecule has 1 saturated heterocycles. The van der Waals surface area contributed by atoms with Crippen LogP contribution >= 0.6 is 0 Å². The first-order valence-corrected chi connectivity index (χ1v) is 11.9. The van der Waals surface area contributed by atoms with Gasteiger partial charge in [-0.05, 0) is 62.6 Å². The average molecular weight is 459 g/mol. The number of benzene rings is 1. The quantitative estimate of drug-likeness (QED) is 0.591. The zero-order valence-corrected chi connectivity index (χ0v) is 19.7. The van der Waals surface area contributed by atoms with E-state index in [1.54, 1.807) is 7.11 Å². The number of ether oxygens (including phenoxy) is 1. The van der Waals surface area contributed by atoms with E-state index in [0.29, 0.717) is 30.9 Å². The number of piperidine rings is 1. The summed E-state index contributed by atoms with van der Waals surface area (Å²) in [7, 11) is 1.63. The Hall–Kier alpha value is -3.61. The highest BCUT2D eigenvalue weighted by atomic mass is 16.5. The number of fused-ring (bicyclic) bond motifs is 1. The van der Waals surface area contributed by atoms with Crippen LogP contribution in [0.2, 0.25) is 0 Å². The summed E-state index contributed by atoms with van der Waals surface area (Å²) in [5, 5.41) is 0.956. The van der Waals surface area contributed by atoms with Crippen molar-refractivity contribution in [2.75, 3.05) is 33.3 Å². The molecule has 7 heteroatoms. The zero-order chi connectivity index (χ0) is 23.7. The second-order valence-electron chi connectivity index (χ2n) is 9.10. The number of nitrogens with one attached hydrogen (secondary N) is 1. The third-order valence-electron chi connectivity index (χ3n) is 6.87. The highest BCUT2D eigenvalue weighted by Gasteiger charge is 2.30. The minimum Gasteiger partial charge on any atom is -0.497 e. The van der Waals surface area contributed by atoms with Crippen molar-refractivity contribution < 1.29 is 14.3 Å². The van der Waals surface area contributed by atoms with E-state index >= 15 is 0 Å². The maximum Gasteiger partial charge on any atom is 0.270 e. The molecule has 4 heterocycles. The Bertz CT molecular complexity index is 1250. The molecule has 0 saturated carbocycles. The first-order chi connectivity index (χ1) is 16.5. The van der Waals surface area contributed by atoms with Crippen molar-refractivity contribution in [3.05, 3.63) is 71.2 Å². The van der Waals surface area contributed by atoms with Crippen LogP contribution in [-0.4, -0.2) is 64.9 Å². The minimum atomic E-state index is 0.00206. The van der Waals surface area contributed by atoms with E-state index in [9.17, 15) is 9.59 Å². The summed E-state index contributed by atoms with van der Waals surface area (Å²) in [6.07, 6.45) is 6.63. The minimum absolute atomic E-state index is 0.00206. The van der Waals surface area contributed by atoms with Crippen LogP contribution in [0.1, 0.15) is 57.4 Å². The standard InChI is InChI=1S/C27H30N4O3/c1-18-6-8-22(26(32)30-12-4-3-5-13-30)25(28-18)19-10-14-31(15-11-19)27(33)24-17-20-16-21(34-2)7-9-23(20)29-24/h3-4,6-9,16-17,19,29H,5,10-15H2,1-2H3. The van der Waals surface area contributed by atoms with Gasteiger partial charge in [0, 0.05) is 48.7 Å². The number of H-pyrrole nitrogens is 1. The summed E-state index contributed by atoms with van der Waals surface area (Å²) >= 11 is 0. The van der Waals surface area contributed by atoms with Gasteiger partial charge < -0.3 is 19.5 Å². The average Bonchev–Trinajstić information content (AvgIpc) is 3.32. The van der Waals surface area contributed by atoms with Gasteiger partial charge in [-0.15, -0.1) is 0 Å². The molecule has 3 aromatic rings. The Morgan fingerprint density at radius 3 is 2.56 bits per heavy atom. The van der Waals surface area contributed by atoms with Gasteiger partial charge in [-0.25, -0.2) is 0 Å². The van der Waals surface area contributed by atoms with Crippen molar-refractivity contribution in [3.63, 3.8) is 0 Å². The monoisotopic (exact) mass is 458 g/mol. The molecule has 2 aromatic heterocycles. The number of likely N-dealkylation sites (tertiary alicyclic amines) is 1. The molecule has 0 spiro atoms. The van der Waals surface area contributed by atoms with Crippen LogP contribution < -0.4 is 4.74 Å². The molecule has 34 heavy (non-hydrogen) atoms. The van der Waals surface area contributed by atoms with Gasteiger partial charge in [-0.3, -0.25) is 14.6 Å². The third kappa shape index (κ3) is 4.30. The summed E-state index contributed by atoms with van der Waals surface area (Å²) in [5.74, 6) is 0.985. The van der Waals surface area contributed by atoms with Crippen LogP contribution in [0.5, 0.6) is 5.75 Å². The largest absolute Gasteiger partial charge is 0.497 e. The van der Waals surface area contributed by atoms with Gasteiger partial charge in [0.2, 0.25) is 0 Å². The molecule has 0 atom stereocenters. The van der Waals surface area contributed by atoms with Crippen molar-refractivity contribution in [2.45, 2.75) is 32.1 Å². The van der Waals surface area contributed by atoms with Crippen LogP contribution in [0.4, 0.5) is 0 Å². The van der Waals surface area contributed by atoms with Gasteiger partial charge in [0.15, 0.2) is 0 Å². The fourth-order valence-corrected chi connectivity index (χ4v) is 4.94.